The standard InChI is InChI=1S/C14H24N2O2S/c1-7-14(4,5)16(6)19(17,18)13-9-12(15)8-10(2)11(13)3/h8-9H,7,15H2,1-6H3. The highest BCUT2D eigenvalue weighted by Gasteiger charge is 2.33. The van der Waals surface area contributed by atoms with E-state index in [-0.39, 0.29) is 0 Å². The van der Waals surface area contributed by atoms with E-state index < -0.39 is 15.6 Å². The molecule has 0 heterocycles. The molecule has 5 heteroatoms. The molecule has 0 aliphatic heterocycles. The molecule has 0 spiro atoms. The Morgan fingerprint density at radius 2 is 1.79 bits per heavy atom. The lowest BCUT2D eigenvalue weighted by Gasteiger charge is -2.34. The molecule has 0 saturated heterocycles. The minimum absolute atomic E-state index is 0.300. The molecule has 0 bridgehead atoms. The van der Waals surface area contributed by atoms with Crippen molar-refractivity contribution in [2.45, 2.75) is 51.5 Å². The van der Waals surface area contributed by atoms with Crippen molar-refractivity contribution in [3.63, 3.8) is 0 Å². The van der Waals surface area contributed by atoms with Gasteiger partial charge in [0, 0.05) is 18.3 Å². The van der Waals surface area contributed by atoms with E-state index in [1.54, 1.807) is 19.2 Å². The zero-order chi connectivity index (χ0) is 15.0. The molecule has 1 aromatic rings. The summed E-state index contributed by atoms with van der Waals surface area (Å²) in [5.74, 6) is 0. The summed E-state index contributed by atoms with van der Waals surface area (Å²) in [5, 5.41) is 0. The molecule has 0 radical (unpaired) electrons. The summed E-state index contributed by atoms with van der Waals surface area (Å²) < 4.78 is 26.9. The van der Waals surface area contributed by atoms with E-state index in [1.807, 2.05) is 34.6 Å². The number of nitrogens with two attached hydrogens (primary N) is 1. The second-order valence-corrected chi connectivity index (χ2v) is 7.54. The fraction of sp³-hybridized carbons (Fsp3) is 0.571. The maximum absolute atomic E-state index is 12.7. The Labute approximate surface area is 116 Å². The summed E-state index contributed by atoms with van der Waals surface area (Å²) in [6.07, 6.45) is 0.739. The van der Waals surface area contributed by atoms with Gasteiger partial charge < -0.3 is 5.73 Å². The predicted octanol–water partition coefficient (Wildman–Crippen LogP) is 2.69. The van der Waals surface area contributed by atoms with Crippen LogP contribution < -0.4 is 5.73 Å². The largest absolute Gasteiger partial charge is 0.399 e. The quantitative estimate of drug-likeness (QED) is 0.865. The molecule has 0 fully saturated rings. The summed E-state index contributed by atoms with van der Waals surface area (Å²) in [6, 6.07) is 3.33. The third kappa shape index (κ3) is 2.92. The number of hydrogen-bond acceptors (Lipinski definition) is 3. The van der Waals surface area contributed by atoms with Gasteiger partial charge in [-0.15, -0.1) is 0 Å². The Balaban J connectivity index is 3.45. The minimum Gasteiger partial charge on any atom is -0.399 e. The summed E-state index contributed by atoms with van der Waals surface area (Å²) in [5.41, 5.74) is 7.48. The number of aryl methyl sites for hydroxylation is 1. The molecule has 0 amide bonds. The third-order valence-electron chi connectivity index (χ3n) is 4.00. The molecule has 0 atom stereocenters. The van der Waals surface area contributed by atoms with Gasteiger partial charge in [-0.1, -0.05) is 6.92 Å². The number of benzene rings is 1. The summed E-state index contributed by atoms with van der Waals surface area (Å²) in [4.78, 5) is 0.300. The highest BCUT2D eigenvalue weighted by atomic mass is 32.2. The maximum Gasteiger partial charge on any atom is 0.243 e. The lowest BCUT2D eigenvalue weighted by atomic mass is 10.0. The van der Waals surface area contributed by atoms with E-state index in [2.05, 4.69) is 0 Å². The van der Waals surface area contributed by atoms with Crippen molar-refractivity contribution in [1.82, 2.24) is 4.31 Å². The van der Waals surface area contributed by atoms with Crippen LogP contribution in [0.3, 0.4) is 0 Å². The Kier molecular flexibility index (Phi) is 4.32. The Morgan fingerprint density at radius 1 is 1.26 bits per heavy atom. The van der Waals surface area contributed by atoms with Crippen molar-refractivity contribution < 1.29 is 8.42 Å². The predicted molar refractivity (Wildman–Crippen MR) is 79.6 cm³/mol. The fourth-order valence-electron chi connectivity index (χ4n) is 1.82. The molecule has 0 unspecified atom stereocenters. The van der Waals surface area contributed by atoms with Gasteiger partial charge in [0.05, 0.1) is 4.90 Å². The van der Waals surface area contributed by atoms with Gasteiger partial charge in [0.15, 0.2) is 0 Å². The molecule has 0 aromatic heterocycles. The van der Waals surface area contributed by atoms with Crippen molar-refractivity contribution in [2.75, 3.05) is 12.8 Å². The number of nitrogens with zero attached hydrogens (tertiary/aromatic N) is 1. The summed E-state index contributed by atoms with van der Waals surface area (Å²) in [7, 11) is -1.91. The first-order chi connectivity index (χ1) is 8.54. The molecule has 0 saturated carbocycles. The van der Waals surface area contributed by atoms with E-state index in [1.165, 1.54) is 4.31 Å². The lowest BCUT2D eigenvalue weighted by Crippen LogP contribution is -2.44. The molecule has 0 aliphatic rings. The monoisotopic (exact) mass is 284 g/mol. The molecule has 1 rings (SSSR count). The number of anilines is 1. The lowest BCUT2D eigenvalue weighted by molar-refractivity contribution is 0.257. The molecule has 19 heavy (non-hydrogen) atoms. The van der Waals surface area contributed by atoms with Gasteiger partial charge in [0.2, 0.25) is 10.0 Å². The van der Waals surface area contributed by atoms with Crippen molar-refractivity contribution >= 4 is 15.7 Å². The van der Waals surface area contributed by atoms with E-state index in [0.29, 0.717) is 10.6 Å². The molecule has 108 valence electrons. The first-order valence-corrected chi connectivity index (χ1v) is 7.83. The van der Waals surface area contributed by atoms with Gasteiger partial charge in [-0.25, -0.2) is 8.42 Å². The number of sulfonamides is 1. The van der Waals surface area contributed by atoms with Crippen LogP contribution in [0.4, 0.5) is 5.69 Å². The first kappa shape index (κ1) is 16.0. The van der Waals surface area contributed by atoms with Gasteiger partial charge in [0.25, 0.3) is 0 Å². The molecular formula is C14H24N2O2S. The number of nitrogen functional groups attached to an aromatic ring is 1. The Bertz CT molecular complexity index is 577. The van der Waals surface area contributed by atoms with Crippen LogP contribution in [0, 0.1) is 13.8 Å². The average Bonchev–Trinajstić information content (AvgIpc) is 2.32. The van der Waals surface area contributed by atoms with Crippen LogP contribution in [-0.4, -0.2) is 25.3 Å². The topological polar surface area (TPSA) is 63.4 Å². The van der Waals surface area contributed by atoms with Gasteiger partial charge in [0.1, 0.15) is 0 Å². The number of hydrogen-bond donors (Lipinski definition) is 1. The number of rotatable bonds is 4. The van der Waals surface area contributed by atoms with Crippen LogP contribution in [0.25, 0.3) is 0 Å². The van der Waals surface area contributed by atoms with Gasteiger partial charge in [-0.2, -0.15) is 4.31 Å². The van der Waals surface area contributed by atoms with Crippen LogP contribution in [-0.2, 0) is 10.0 Å². The second-order valence-electron chi connectivity index (χ2n) is 5.60. The Morgan fingerprint density at radius 3 is 2.26 bits per heavy atom. The van der Waals surface area contributed by atoms with Crippen LogP contribution in [0.1, 0.15) is 38.3 Å². The minimum atomic E-state index is -3.53. The van der Waals surface area contributed by atoms with Crippen LogP contribution >= 0.6 is 0 Å². The van der Waals surface area contributed by atoms with Crippen LogP contribution in [0.15, 0.2) is 17.0 Å². The molecule has 2 N–H and O–H groups in total. The highest BCUT2D eigenvalue weighted by Crippen LogP contribution is 2.29. The zero-order valence-corrected chi connectivity index (χ0v) is 13.4. The first-order valence-electron chi connectivity index (χ1n) is 6.39. The molecule has 0 aliphatic carbocycles. The van der Waals surface area contributed by atoms with E-state index >= 15 is 0 Å². The molecule has 4 nitrogen and oxygen atoms in total. The van der Waals surface area contributed by atoms with E-state index in [0.717, 1.165) is 17.5 Å². The Hall–Kier alpha value is -1.07. The molecular weight excluding hydrogens is 260 g/mol. The van der Waals surface area contributed by atoms with Crippen LogP contribution in [0.2, 0.25) is 0 Å². The van der Waals surface area contributed by atoms with E-state index in [9.17, 15) is 8.42 Å². The second kappa shape index (κ2) is 5.13. The van der Waals surface area contributed by atoms with Gasteiger partial charge >= 0.3 is 0 Å². The van der Waals surface area contributed by atoms with Gasteiger partial charge in [-0.05, 0) is 57.4 Å². The normalized spacial score (nSPS) is 13.0. The van der Waals surface area contributed by atoms with Gasteiger partial charge in [-0.3, -0.25) is 0 Å². The van der Waals surface area contributed by atoms with Crippen molar-refractivity contribution in [3.8, 4) is 0 Å². The molecule has 1 aromatic carbocycles. The fourth-order valence-corrected chi connectivity index (χ4v) is 3.73. The maximum atomic E-state index is 12.7. The zero-order valence-electron chi connectivity index (χ0n) is 12.6. The van der Waals surface area contributed by atoms with E-state index in [4.69, 9.17) is 5.73 Å². The average molecular weight is 284 g/mol. The van der Waals surface area contributed by atoms with Crippen molar-refractivity contribution in [3.05, 3.63) is 23.3 Å². The summed E-state index contributed by atoms with van der Waals surface area (Å²) in [6.45, 7) is 9.49. The van der Waals surface area contributed by atoms with Crippen molar-refractivity contribution in [1.29, 1.82) is 0 Å². The van der Waals surface area contributed by atoms with Crippen LogP contribution in [0.5, 0.6) is 0 Å². The SMILES string of the molecule is CCC(C)(C)N(C)S(=O)(=O)c1cc(N)cc(C)c1C. The van der Waals surface area contributed by atoms with Crippen molar-refractivity contribution in [2.24, 2.45) is 0 Å². The smallest absolute Gasteiger partial charge is 0.243 e. The third-order valence-corrected chi connectivity index (χ3v) is 6.19. The highest BCUT2D eigenvalue weighted by molar-refractivity contribution is 7.89. The summed E-state index contributed by atoms with van der Waals surface area (Å²) >= 11 is 0.